The summed E-state index contributed by atoms with van der Waals surface area (Å²) in [6.07, 6.45) is 7.28. The van der Waals surface area contributed by atoms with E-state index in [0.717, 1.165) is 19.1 Å². The predicted octanol–water partition coefficient (Wildman–Crippen LogP) is 1.17. The van der Waals surface area contributed by atoms with Gasteiger partial charge in [0.2, 0.25) is 0 Å². The summed E-state index contributed by atoms with van der Waals surface area (Å²) in [7, 11) is 1.63. The first-order valence-electron chi connectivity index (χ1n) is 4.00. The third-order valence-corrected chi connectivity index (χ3v) is 2.96. The summed E-state index contributed by atoms with van der Waals surface area (Å²) in [5.74, 6) is 0.931. The number of fused-ring (bicyclic) bond motifs is 2. The standard InChI is InChI=1S/C9H12O2/c1-11-9(6-10)5-7-2-3-8(9)4-7/h2-3,6-8H,4-5H2,1H3. The van der Waals surface area contributed by atoms with Crippen LogP contribution in [0.3, 0.4) is 0 Å². The van der Waals surface area contributed by atoms with E-state index < -0.39 is 5.60 Å². The summed E-state index contributed by atoms with van der Waals surface area (Å²) in [4.78, 5) is 10.8. The summed E-state index contributed by atoms with van der Waals surface area (Å²) in [6, 6.07) is 0. The minimum Gasteiger partial charge on any atom is -0.370 e. The van der Waals surface area contributed by atoms with Crippen molar-refractivity contribution in [2.45, 2.75) is 18.4 Å². The number of carbonyl (C=O) groups excluding carboxylic acids is 1. The second-order valence-electron chi connectivity index (χ2n) is 3.47. The Kier molecular flexibility index (Phi) is 1.39. The lowest BCUT2D eigenvalue weighted by Crippen LogP contribution is -2.37. The molecule has 1 fully saturated rings. The molecule has 2 aliphatic rings. The third-order valence-electron chi connectivity index (χ3n) is 2.96. The molecule has 0 aromatic carbocycles. The number of hydrogen-bond donors (Lipinski definition) is 0. The Labute approximate surface area is 66.2 Å². The van der Waals surface area contributed by atoms with E-state index in [0.29, 0.717) is 11.8 Å². The van der Waals surface area contributed by atoms with Gasteiger partial charge in [0.15, 0.2) is 6.29 Å². The molecule has 0 aliphatic heterocycles. The van der Waals surface area contributed by atoms with Gasteiger partial charge in [0.05, 0.1) is 0 Å². The molecule has 11 heavy (non-hydrogen) atoms. The minimum atomic E-state index is -0.473. The van der Waals surface area contributed by atoms with Crippen LogP contribution in [0.5, 0.6) is 0 Å². The first-order valence-corrected chi connectivity index (χ1v) is 4.00. The molecule has 2 rings (SSSR count). The quantitative estimate of drug-likeness (QED) is 0.438. The highest BCUT2D eigenvalue weighted by molar-refractivity contribution is 5.65. The van der Waals surface area contributed by atoms with Crippen LogP contribution in [0, 0.1) is 11.8 Å². The van der Waals surface area contributed by atoms with E-state index in [1.807, 2.05) is 0 Å². The molecule has 0 spiro atoms. The fourth-order valence-electron chi connectivity index (χ4n) is 2.27. The second kappa shape index (κ2) is 2.18. The van der Waals surface area contributed by atoms with Gasteiger partial charge in [-0.05, 0) is 18.8 Å². The molecule has 0 radical (unpaired) electrons. The molecule has 0 amide bonds. The van der Waals surface area contributed by atoms with Gasteiger partial charge in [0, 0.05) is 13.0 Å². The van der Waals surface area contributed by atoms with Crippen LogP contribution in [0.2, 0.25) is 0 Å². The van der Waals surface area contributed by atoms with E-state index in [1.54, 1.807) is 7.11 Å². The zero-order chi connectivity index (χ0) is 7.90. The van der Waals surface area contributed by atoms with Crippen LogP contribution in [-0.4, -0.2) is 19.0 Å². The van der Waals surface area contributed by atoms with Crippen LogP contribution in [0.25, 0.3) is 0 Å². The van der Waals surface area contributed by atoms with Crippen molar-refractivity contribution in [3.8, 4) is 0 Å². The largest absolute Gasteiger partial charge is 0.370 e. The van der Waals surface area contributed by atoms with Crippen LogP contribution in [-0.2, 0) is 9.53 Å². The van der Waals surface area contributed by atoms with Crippen LogP contribution in [0.15, 0.2) is 12.2 Å². The van der Waals surface area contributed by atoms with Crippen LogP contribution >= 0.6 is 0 Å². The third kappa shape index (κ3) is 0.791. The van der Waals surface area contributed by atoms with Crippen molar-refractivity contribution >= 4 is 6.29 Å². The van der Waals surface area contributed by atoms with Crippen LogP contribution < -0.4 is 0 Å². The van der Waals surface area contributed by atoms with Crippen molar-refractivity contribution in [1.82, 2.24) is 0 Å². The molecule has 2 nitrogen and oxygen atoms in total. The molecule has 2 aliphatic carbocycles. The normalized spacial score (nSPS) is 46.6. The molecule has 0 aromatic heterocycles. The lowest BCUT2D eigenvalue weighted by Gasteiger charge is -2.27. The van der Waals surface area contributed by atoms with Gasteiger partial charge >= 0.3 is 0 Å². The maximum absolute atomic E-state index is 10.8. The molecular weight excluding hydrogens is 140 g/mol. The molecular formula is C9H12O2. The fraction of sp³-hybridized carbons (Fsp3) is 0.667. The van der Waals surface area contributed by atoms with Crippen LogP contribution in [0.1, 0.15) is 12.8 Å². The first kappa shape index (κ1) is 7.04. The highest BCUT2D eigenvalue weighted by Gasteiger charge is 2.48. The van der Waals surface area contributed by atoms with Crippen molar-refractivity contribution in [3.63, 3.8) is 0 Å². The number of ether oxygens (including phenoxy) is 1. The van der Waals surface area contributed by atoms with Crippen molar-refractivity contribution in [2.75, 3.05) is 7.11 Å². The van der Waals surface area contributed by atoms with Crippen molar-refractivity contribution < 1.29 is 9.53 Å². The number of methoxy groups -OCH3 is 1. The van der Waals surface area contributed by atoms with Gasteiger partial charge < -0.3 is 9.53 Å². The van der Waals surface area contributed by atoms with E-state index in [4.69, 9.17) is 4.74 Å². The average Bonchev–Trinajstić information content (AvgIpc) is 2.62. The maximum Gasteiger partial charge on any atom is 0.152 e. The molecule has 3 atom stereocenters. The lowest BCUT2D eigenvalue weighted by atomic mass is 9.90. The fourth-order valence-corrected chi connectivity index (χ4v) is 2.27. The Hall–Kier alpha value is -0.630. The van der Waals surface area contributed by atoms with Crippen molar-refractivity contribution in [3.05, 3.63) is 12.2 Å². The molecule has 0 saturated heterocycles. The van der Waals surface area contributed by atoms with E-state index in [9.17, 15) is 4.79 Å². The minimum absolute atomic E-state index is 0.343. The van der Waals surface area contributed by atoms with Gasteiger partial charge in [-0.15, -0.1) is 0 Å². The van der Waals surface area contributed by atoms with Gasteiger partial charge in [-0.3, -0.25) is 0 Å². The molecule has 0 aromatic rings. The molecule has 0 N–H and O–H groups in total. The maximum atomic E-state index is 10.8. The Bertz CT molecular complexity index is 210. The number of allylic oxidation sites excluding steroid dienone is 1. The van der Waals surface area contributed by atoms with Gasteiger partial charge in [0.1, 0.15) is 5.60 Å². The Morgan fingerprint density at radius 2 is 2.45 bits per heavy atom. The Balaban J connectivity index is 2.28. The van der Waals surface area contributed by atoms with Crippen molar-refractivity contribution in [2.24, 2.45) is 11.8 Å². The van der Waals surface area contributed by atoms with E-state index in [-0.39, 0.29) is 0 Å². The predicted molar refractivity (Wildman–Crippen MR) is 41.2 cm³/mol. The second-order valence-corrected chi connectivity index (χ2v) is 3.47. The number of rotatable bonds is 2. The lowest BCUT2D eigenvalue weighted by molar-refractivity contribution is -0.130. The molecule has 3 unspecified atom stereocenters. The summed E-state index contributed by atoms with van der Waals surface area (Å²) < 4.78 is 5.26. The number of hydrogen-bond acceptors (Lipinski definition) is 2. The molecule has 2 heteroatoms. The van der Waals surface area contributed by atoms with Gasteiger partial charge in [-0.25, -0.2) is 0 Å². The highest BCUT2D eigenvalue weighted by atomic mass is 16.5. The zero-order valence-corrected chi connectivity index (χ0v) is 6.62. The molecule has 1 saturated carbocycles. The molecule has 0 heterocycles. The molecule has 60 valence electrons. The van der Waals surface area contributed by atoms with Gasteiger partial charge in [0.25, 0.3) is 0 Å². The van der Waals surface area contributed by atoms with E-state index in [2.05, 4.69) is 12.2 Å². The van der Waals surface area contributed by atoms with E-state index >= 15 is 0 Å². The van der Waals surface area contributed by atoms with Crippen LogP contribution in [0.4, 0.5) is 0 Å². The summed E-state index contributed by atoms with van der Waals surface area (Å²) in [5, 5.41) is 0. The Morgan fingerprint density at radius 1 is 1.64 bits per heavy atom. The topological polar surface area (TPSA) is 26.3 Å². The average molecular weight is 152 g/mol. The van der Waals surface area contributed by atoms with E-state index in [1.165, 1.54) is 0 Å². The number of aldehydes is 1. The van der Waals surface area contributed by atoms with Crippen molar-refractivity contribution in [1.29, 1.82) is 0 Å². The Morgan fingerprint density at radius 3 is 2.73 bits per heavy atom. The smallest absolute Gasteiger partial charge is 0.152 e. The number of carbonyl (C=O) groups is 1. The molecule has 2 bridgehead atoms. The first-order chi connectivity index (χ1) is 5.30. The SMILES string of the molecule is COC1(C=O)CC2C=CC1C2. The summed E-state index contributed by atoms with van der Waals surface area (Å²) in [5.41, 5.74) is -0.473. The van der Waals surface area contributed by atoms with Gasteiger partial charge in [-0.1, -0.05) is 12.2 Å². The summed E-state index contributed by atoms with van der Waals surface area (Å²) in [6.45, 7) is 0. The van der Waals surface area contributed by atoms with Gasteiger partial charge in [-0.2, -0.15) is 0 Å². The summed E-state index contributed by atoms with van der Waals surface area (Å²) >= 11 is 0. The zero-order valence-electron chi connectivity index (χ0n) is 6.62. The monoisotopic (exact) mass is 152 g/mol. The highest BCUT2D eigenvalue weighted by Crippen LogP contribution is 2.46.